The summed E-state index contributed by atoms with van der Waals surface area (Å²) in [4.78, 5) is 20.3. The number of fused-ring (bicyclic) bond motifs is 7. The molecule has 0 amide bonds. The molecule has 0 aliphatic carbocycles. The maximum Gasteiger partial charge on any atom is 0.165 e. The third-order valence-electron chi connectivity index (χ3n) is 8.60. The Balaban J connectivity index is 1.23. The Bertz CT molecular complexity index is 2780. The van der Waals surface area contributed by atoms with Crippen molar-refractivity contribution in [3.63, 3.8) is 0 Å². The SMILES string of the molecule is c1ccc(-c2nc(-c3cccc4c3sc3ccccc34)nc(-c3cccc4oc5c(-c6nc7ccccc7s6)cccc5c34)n2)cc1. The lowest BCUT2D eigenvalue weighted by atomic mass is 10.0. The molecule has 4 heterocycles. The van der Waals surface area contributed by atoms with Gasteiger partial charge in [0.05, 0.1) is 15.8 Å². The normalized spacial score (nSPS) is 11.8. The van der Waals surface area contributed by atoms with Crippen LogP contribution in [-0.4, -0.2) is 19.9 Å². The number of thiophene rings is 1. The third-order valence-corrected chi connectivity index (χ3v) is 10.9. The van der Waals surface area contributed by atoms with E-state index in [0.29, 0.717) is 17.5 Å². The van der Waals surface area contributed by atoms with E-state index in [2.05, 4.69) is 72.8 Å². The molecule has 5 nitrogen and oxygen atoms in total. The van der Waals surface area contributed by atoms with Crippen molar-refractivity contribution in [2.45, 2.75) is 0 Å². The molecule has 0 bridgehead atoms. The minimum Gasteiger partial charge on any atom is -0.455 e. The molecule has 0 spiro atoms. The Kier molecular flexibility index (Phi) is 5.85. The zero-order valence-corrected chi connectivity index (χ0v) is 26.3. The number of para-hydroxylation sites is 2. The minimum atomic E-state index is 0.602. The number of benzene rings is 6. The average molecular weight is 639 g/mol. The molecule has 10 aromatic rings. The van der Waals surface area contributed by atoms with E-state index >= 15 is 0 Å². The first-order valence-corrected chi connectivity index (χ1v) is 16.9. The summed E-state index contributed by atoms with van der Waals surface area (Å²) in [5.41, 5.74) is 6.37. The van der Waals surface area contributed by atoms with Crippen molar-refractivity contribution in [1.29, 1.82) is 0 Å². The summed E-state index contributed by atoms with van der Waals surface area (Å²) in [5.74, 6) is 1.88. The largest absolute Gasteiger partial charge is 0.455 e. The minimum absolute atomic E-state index is 0.602. The first kappa shape index (κ1) is 26.5. The summed E-state index contributed by atoms with van der Waals surface area (Å²) in [6, 6.07) is 45.6. The molecular weight excluding hydrogens is 617 g/mol. The van der Waals surface area contributed by atoms with Gasteiger partial charge in [-0.2, -0.15) is 0 Å². The summed E-state index contributed by atoms with van der Waals surface area (Å²) in [6.45, 7) is 0. The van der Waals surface area contributed by atoms with Gasteiger partial charge in [0, 0.05) is 47.6 Å². The van der Waals surface area contributed by atoms with Crippen molar-refractivity contribution in [2.75, 3.05) is 0 Å². The number of hydrogen-bond acceptors (Lipinski definition) is 7. The van der Waals surface area contributed by atoms with Gasteiger partial charge in [0.25, 0.3) is 0 Å². The van der Waals surface area contributed by atoms with Gasteiger partial charge in [0.15, 0.2) is 17.5 Å². The van der Waals surface area contributed by atoms with Gasteiger partial charge in [-0.3, -0.25) is 0 Å². The fraction of sp³-hybridized carbons (Fsp3) is 0. The summed E-state index contributed by atoms with van der Waals surface area (Å²) >= 11 is 3.45. The first-order chi connectivity index (χ1) is 23.3. The highest BCUT2D eigenvalue weighted by molar-refractivity contribution is 7.26. The van der Waals surface area contributed by atoms with Gasteiger partial charge in [-0.05, 0) is 36.4 Å². The van der Waals surface area contributed by atoms with Crippen LogP contribution in [0, 0.1) is 0 Å². The Morgan fingerprint density at radius 3 is 1.98 bits per heavy atom. The molecule has 0 saturated heterocycles. The number of aromatic nitrogens is 4. The van der Waals surface area contributed by atoms with Gasteiger partial charge in [0.1, 0.15) is 16.2 Å². The van der Waals surface area contributed by atoms with E-state index in [1.807, 2.05) is 60.7 Å². The van der Waals surface area contributed by atoms with Gasteiger partial charge in [-0.15, -0.1) is 22.7 Å². The number of furan rings is 1. The van der Waals surface area contributed by atoms with E-state index in [0.717, 1.165) is 64.1 Å². The Morgan fingerprint density at radius 1 is 0.447 bits per heavy atom. The molecule has 7 heteroatoms. The predicted molar refractivity (Wildman–Crippen MR) is 195 cm³/mol. The Hall–Kier alpha value is -5.76. The van der Waals surface area contributed by atoms with Gasteiger partial charge in [-0.1, -0.05) is 97.1 Å². The zero-order chi connectivity index (χ0) is 30.9. The van der Waals surface area contributed by atoms with Crippen LogP contribution in [0.4, 0.5) is 0 Å². The Labute approximate surface area is 276 Å². The highest BCUT2D eigenvalue weighted by Crippen LogP contribution is 2.43. The van der Waals surface area contributed by atoms with Gasteiger partial charge >= 0.3 is 0 Å². The predicted octanol–water partition coefficient (Wildman–Crippen LogP) is 11.4. The van der Waals surface area contributed by atoms with Crippen LogP contribution >= 0.6 is 22.7 Å². The average Bonchev–Trinajstić information content (AvgIpc) is 3.85. The Morgan fingerprint density at radius 2 is 1.11 bits per heavy atom. The molecule has 0 saturated carbocycles. The van der Waals surface area contributed by atoms with Crippen LogP contribution in [0.25, 0.3) is 97.1 Å². The van der Waals surface area contributed by atoms with Crippen LogP contribution in [0.1, 0.15) is 0 Å². The molecule has 0 fully saturated rings. The summed E-state index contributed by atoms with van der Waals surface area (Å²) < 4.78 is 10.2. The molecule has 47 heavy (non-hydrogen) atoms. The van der Waals surface area contributed by atoms with Crippen molar-refractivity contribution < 1.29 is 4.42 Å². The van der Waals surface area contributed by atoms with E-state index in [-0.39, 0.29) is 0 Å². The molecule has 0 unspecified atom stereocenters. The van der Waals surface area contributed by atoms with Crippen molar-refractivity contribution in [2.24, 2.45) is 0 Å². The van der Waals surface area contributed by atoms with E-state index in [9.17, 15) is 0 Å². The van der Waals surface area contributed by atoms with E-state index in [1.165, 1.54) is 15.5 Å². The van der Waals surface area contributed by atoms with Crippen LogP contribution in [0.3, 0.4) is 0 Å². The molecule has 6 aromatic carbocycles. The van der Waals surface area contributed by atoms with Crippen LogP contribution in [0.5, 0.6) is 0 Å². The summed E-state index contributed by atoms with van der Waals surface area (Å²) in [6.07, 6.45) is 0. The second-order valence-corrected chi connectivity index (χ2v) is 13.5. The number of rotatable bonds is 4. The monoisotopic (exact) mass is 638 g/mol. The lowest BCUT2D eigenvalue weighted by Crippen LogP contribution is -2.00. The maximum absolute atomic E-state index is 6.61. The molecule has 4 aromatic heterocycles. The molecule has 10 rings (SSSR count). The molecule has 0 aliphatic rings. The summed E-state index contributed by atoms with van der Waals surface area (Å²) in [7, 11) is 0. The second-order valence-electron chi connectivity index (χ2n) is 11.4. The molecule has 0 N–H and O–H groups in total. The van der Waals surface area contributed by atoms with E-state index in [4.69, 9.17) is 24.4 Å². The lowest BCUT2D eigenvalue weighted by molar-refractivity contribution is 0.670. The van der Waals surface area contributed by atoms with Gasteiger partial charge in [0.2, 0.25) is 0 Å². The molecular formula is C40H22N4OS2. The topological polar surface area (TPSA) is 64.7 Å². The van der Waals surface area contributed by atoms with Gasteiger partial charge < -0.3 is 4.42 Å². The molecule has 0 atom stereocenters. The van der Waals surface area contributed by atoms with Crippen molar-refractivity contribution >= 4 is 75.0 Å². The standard InChI is InChI=1S/C40H22N4OS2/c1-2-11-23(12-3-1)37-42-38(44-39(43-37)29-18-8-14-25-24-13-4-6-21-32(24)46-36(25)29)27-16-10-20-31-34(27)26-15-9-17-28(35(26)45-31)40-41-30-19-5-7-22-33(30)47-40/h1-22H. The quantitative estimate of drug-likeness (QED) is 0.192. The molecule has 0 aliphatic heterocycles. The smallest absolute Gasteiger partial charge is 0.165 e. The van der Waals surface area contributed by atoms with E-state index < -0.39 is 0 Å². The number of thiazole rings is 1. The van der Waals surface area contributed by atoms with Gasteiger partial charge in [-0.25, -0.2) is 19.9 Å². The lowest BCUT2D eigenvalue weighted by Gasteiger charge is -2.10. The fourth-order valence-electron chi connectivity index (χ4n) is 6.45. The van der Waals surface area contributed by atoms with Crippen LogP contribution in [0.15, 0.2) is 138 Å². The van der Waals surface area contributed by atoms with Crippen molar-refractivity contribution in [3.8, 4) is 44.7 Å². The maximum atomic E-state index is 6.61. The van der Waals surface area contributed by atoms with Crippen molar-refractivity contribution in [1.82, 2.24) is 19.9 Å². The molecule has 0 radical (unpaired) electrons. The molecule has 220 valence electrons. The summed E-state index contributed by atoms with van der Waals surface area (Å²) in [5, 5.41) is 5.36. The zero-order valence-electron chi connectivity index (χ0n) is 24.7. The van der Waals surface area contributed by atoms with Crippen LogP contribution < -0.4 is 0 Å². The van der Waals surface area contributed by atoms with Crippen LogP contribution in [0.2, 0.25) is 0 Å². The van der Waals surface area contributed by atoms with E-state index in [1.54, 1.807) is 22.7 Å². The number of hydrogen-bond donors (Lipinski definition) is 0. The van der Waals surface area contributed by atoms with Crippen molar-refractivity contribution in [3.05, 3.63) is 133 Å². The first-order valence-electron chi connectivity index (χ1n) is 15.3. The fourth-order valence-corrected chi connectivity index (χ4v) is 8.65. The number of nitrogens with zero attached hydrogens (tertiary/aromatic N) is 4. The van der Waals surface area contributed by atoms with Crippen LogP contribution in [-0.2, 0) is 0 Å². The second kappa shape index (κ2) is 10.4. The highest BCUT2D eigenvalue weighted by Gasteiger charge is 2.21. The highest BCUT2D eigenvalue weighted by atomic mass is 32.1. The third kappa shape index (κ3) is 4.21.